The van der Waals surface area contributed by atoms with E-state index in [4.69, 9.17) is 10.5 Å². The molecule has 0 spiro atoms. The fourth-order valence-electron chi connectivity index (χ4n) is 3.44. The fraction of sp³-hybridized carbons (Fsp3) is 0.867. The molecule has 0 aromatic carbocycles. The topological polar surface area (TPSA) is 66.0 Å². The lowest BCUT2D eigenvalue weighted by atomic mass is 9.74. The molecule has 2 N–H and O–H groups in total. The summed E-state index contributed by atoms with van der Waals surface area (Å²) in [6.07, 6.45) is 8.00. The molecule has 5 heteroatoms. The Labute approximate surface area is 121 Å². The largest absolute Gasteiger partial charge is 0.377 e. The number of nitrogens with two attached hydrogens (primary N) is 1. The minimum atomic E-state index is -0.194. The van der Waals surface area contributed by atoms with Crippen molar-refractivity contribution in [3.05, 3.63) is 12.2 Å². The first kappa shape index (κ1) is 15.4. The summed E-state index contributed by atoms with van der Waals surface area (Å²) in [7, 11) is 1.80. The van der Waals surface area contributed by atoms with E-state index in [1.807, 2.05) is 4.68 Å². The van der Waals surface area contributed by atoms with E-state index in [1.54, 1.807) is 13.4 Å². The summed E-state index contributed by atoms with van der Waals surface area (Å²) in [4.78, 5) is 4.37. The van der Waals surface area contributed by atoms with E-state index in [2.05, 4.69) is 23.9 Å². The zero-order chi connectivity index (χ0) is 14.6. The third kappa shape index (κ3) is 3.20. The average molecular weight is 280 g/mol. The van der Waals surface area contributed by atoms with Gasteiger partial charge in [0.25, 0.3) is 0 Å². The third-order valence-corrected chi connectivity index (χ3v) is 4.61. The van der Waals surface area contributed by atoms with Crippen molar-refractivity contribution in [1.29, 1.82) is 0 Å². The summed E-state index contributed by atoms with van der Waals surface area (Å²) in [6.45, 7) is 5.34. The van der Waals surface area contributed by atoms with E-state index in [0.29, 0.717) is 5.92 Å². The first-order chi connectivity index (χ1) is 9.61. The molecule has 1 fully saturated rings. The molecule has 1 saturated carbocycles. The summed E-state index contributed by atoms with van der Waals surface area (Å²) in [5.74, 6) is 1.66. The first-order valence-corrected chi connectivity index (χ1v) is 7.78. The lowest BCUT2D eigenvalue weighted by Crippen LogP contribution is -2.53. The van der Waals surface area contributed by atoms with Crippen LogP contribution in [0.15, 0.2) is 6.33 Å². The van der Waals surface area contributed by atoms with Crippen LogP contribution < -0.4 is 5.73 Å². The van der Waals surface area contributed by atoms with Crippen molar-refractivity contribution in [3.63, 3.8) is 0 Å². The highest BCUT2D eigenvalue weighted by Gasteiger charge is 2.40. The molecule has 3 unspecified atom stereocenters. The zero-order valence-corrected chi connectivity index (χ0v) is 13.0. The van der Waals surface area contributed by atoms with Crippen molar-refractivity contribution in [2.75, 3.05) is 7.11 Å². The summed E-state index contributed by atoms with van der Waals surface area (Å²) >= 11 is 0. The van der Waals surface area contributed by atoms with Gasteiger partial charge >= 0.3 is 0 Å². The maximum atomic E-state index is 6.51. The maximum Gasteiger partial charge on any atom is 0.138 e. The second-order valence-corrected chi connectivity index (χ2v) is 6.18. The molecule has 2 rings (SSSR count). The second kappa shape index (κ2) is 6.68. The number of rotatable bonds is 6. The van der Waals surface area contributed by atoms with Crippen LogP contribution in [-0.2, 0) is 17.7 Å². The Morgan fingerprint density at radius 2 is 2.40 bits per heavy atom. The Kier molecular flexibility index (Phi) is 5.16. The van der Waals surface area contributed by atoms with Gasteiger partial charge < -0.3 is 10.5 Å². The van der Waals surface area contributed by atoms with Gasteiger partial charge in [0.15, 0.2) is 0 Å². The normalized spacial score (nSPS) is 28.5. The number of hydrogen-bond donors (Lipinski definition) is 1. The molecular weight excluding hydrogens is 252 g/mol. The number of methoxy groups -OCH3 is 1. The van der Waals surface area contributed by atoms with Gasteiger partial charge in [-0.2, -0.15) is 5.10 Å². The Morgan fingerprint density at radius 3 is 3.05 bits per heavy atom. The van der Waals surface area contributed by atoms with Gasteiger partial charge in [-0.05, 0) is 25.2 Å². The summed E-state index contributed by atoms with van der Waals surface area (Å²) < 4.78 is 7.84. The Hall–Kier alpha value is -0.940. The predicted octanol–water partition coefficient (Wildman–Crippen LogP) is 2.15. The lowest BCUT2D eigenvalue weighted by molar-refractivity contribution is -0.0710. The van der Waals surface area contributed by atoms with Crippen LogP contribution in [0, 0.1) is 5.92 Å². The molecule has 5 nitrogen and oxygen atoms in total. The molecule has 1 aromatic heterocycles. The predicted molar refractivity (Wildman–Crippen MR) is 79.4 cm³/mol. The number of hydrogen-bond acceptors (Lipinski definition) is 4. The van der Waals surface area contributed by atoms with Crippen molar-refractivity contribution in [3.8, 4) is 0 Å². The molecule has 114 valence electrons. The van der Waals surface area contributed by atoms with Crippen molar-refractivity contribution >= 4 is 0 Å². The van der Waals surface area contributed by atoms with Gasteiger partial charge in [-0.25, -0.2) is 4.98 Å². The fourth-order valence-corrected chi connectivity index (χ4v) is 3.44. The molecule has 1 aliphatic rings. The Morgan fingerprint density at radius 1 is 1.60 bits per heavy atom. The molecule has 1 aliphatic carbocycles. The third-order valence-electron chi connectivity index (χ3n) is 4.61. The lowest BCUT2D eigenvalue weighted by Gasteiger charge is -2.43. The SMILES string of the molecule is CCCn1ncnc1CC(N)C1(OC)CCCC(C)C1. The Balaban J connectivity index is 2.08. The van der Waals surface area contributed by atoms with E-state index in [-0.39, 0.29) is 11.6 Å². The van der Waals surface area contributed by atoms with Gasteiger partial charge in [0, 0.05) is 26.1 Å². The molecule has 0 bridgehead atoms. The van der Waals surface area contributed by atoms with E-state index < -0.39 is 0 Å². The van der Waals surface area contributed by atoms with Crippen molar-refractivity contribution in [2.24, 2.45) is 11.7 Å². The van der Waals surface area contributed by atoms with Gasteiger partial charge in [-0.15, -0.1) is 0 Å². The number of aromatic nitrogens is 3. The van der Waals surface area contributed by atoms with Crippen molar-refractivity contribution in [2.45, 2.75) is 70.6 Å². The van der Waals surface area contributed by atoms with Gasteiger partial charge in [0.1, 0.15) is 12.2 Å². The van der Waals surface area contributed by atoms with Crippen LogP contribution in [0.4, 0.5) is 0 Å². The quantitative estimate of drug-likeness (QED) is 0.867. The zero-order valence-electron chi connectivity index (χ0n) is 13.0. The molecule has 0 radical (unpaired) electrons. The monoisotopic (exact) mass is 280 g/mol. The molecule has 3 atom stereocenters. The van der Waals surface area contributed by atoms with Crippen LogP contribution in [-0.4, -0.2) is 33.5 Å². The standard InChI is InChI=1S/C15H28N4O/c1-4-8-19-14(17-11-18-19)9-13(16)15(20-3)7-5-6-12(2)10-15/h11-13H,4-10,16H2,1-3H3. The number of ether oxygens (including phenoxy) is 1. The van der Waals surface area contributed by atoms with E-state index in [0.717, 1.165) is 38.1 Å². The van der Waals surface area contributed by atoms with Crippen LogP contribution in [0.5, 0.6) is 0 Å². The molecule has 0 amide bonds. The van der Waals surface area contributed by atoms with E-state index in [9.17, 15) is 0 Å². The highest BCUT2D eigenvalue weighted by atomic mass is 16.5. The average Bonchev–Trinajstić information content (AvgIpc) is 2.86. The van der Waals surface area contributed by atoms with Crippen LogP contribution in [0.25, 0.3) is 0 Å². The summed E-state index contributed by atoms with van der Waals surface area (Å²) in [5, 5.41) is 4.28. The summed E-state index contributed by atoms with van der Waals surface area (Å²) in [5.41, 5.74) is 6.31. The van der Waals surface area contributed by atoms with Gasteiger partial charge in [-0.3, -0.25) is 4.68 Å². The number of nitrogens with zero attached hydrogens (tertiary/aromatic N) is 3. The molecule has 1 aromatic rings. The van der Waals surface area contributed by atoms with Crippen molar-refractivity contribution < 1.29 is 4.74 Å². The van der Waals surface area contributed by atoms with Gasteiger partial charge in [-0.1, -0.05) is 26.7 Å². The van der Waals surface area contributed by atoms with Crippen LogP contribution in [0.2, 0.25) is 0 Å². The first-order valence-electron chi connectivity index (χ1n) is 7.78. The second-order valence-electron chi connectivity index (χ2n) is 6.18. The van der Waals surface area contributed by atoms with Gasteiger partial charge in [0.05, 0.1) is 5.60 Å². The van der Waals surface area contributed by atoms with Crippen LogP contribution in [0.1, 0.15) is 51.8 Å². The molecule has 0 saturated heterocycles. The molecule has 20 heavy (non-hydrogen) atoms. The Bertz CT molecular complexity index is 420. The molecule has 0 aliphatic heterocycles. The number of aryl methyl sites for hydroxylation is 1. The highest BCUT2D eigenvalue weighted by Crippen LogP contribution is 2.37. The van der Waals surface area contributed by atoms with Crippen molar-refractivity contribution in [1.82, 2.24) is 14.8 Å². The van der Waals surface area contributed by atoms with E-state index in [1.165, 1.54) is 12.8 Å². The molecular formula is C15H28N4O. The summed E-state index contributed by atoms with van der Waals surface area (Å²) in [6, 6.07) is -0.0185. The van der Waals surface area contributed by atoms with Crippen LogP contribution in [0.3, 0.4) is 0 Å². The molecule has 1 heterocycles. The van der Waals surface area contributed by atoms with E-state index >= 15 is 0 Å². The highest BCUT2D eigenvalue weighted by molar-refractivity contribution is 5.01. The van der Waals surface area contributed by atoms with Crippen LogP contribution >= 0.6 is 0 Å². The maximum absolute atomic E-state index is 6.51. The minimum absolute atomic E-state index is 0.0185. The minimum Gasteiger partial charge on any atom is -0.377 e. The smallest absolute Gasteiger partial charge is 0.138 e. The van der Waals surface area contributed by atoms with Gasteiger partial charge in [0.2, 0.25) is 0 Å².